The van der Waals surface area contributed by atoms with Crippen LogP contribution in [0.5, 0.6) is 0 Å². The van der Waals surface area contributed by atoms with Gasteiger partial charge >= 0.3 is 0 Å². The standard InChI is InChI=1S/C11H11N3/c1-8-13-10(7-11(12)14-8)9-5-3-2-4-6-9/h2-7H,1H3,(H2,12,13,14). The quantitative estimate of drug-likeness (QED) is 0.739. The van der Waals surface area contributed by atoms with Gasteiger partial charge in [0.15, 0.2) is 0 Å². The van der Waals surface area contributed by atoms with Gasteiger partial charge in [0, 0.05) is 11.6 Å². The summed E-state index contributed by atoms with van der Waals surface area (Å²) in [5, 5.41) is 0. The van der Waals surface area contributed by atoms with E-state index < -0.39 is 0 Å². The van der Waals surface area contributed by atoms with Gasteiger partial charge in [-0.25, -0.2) is 9.97 Å². The molecule has 1 aromatic carbocycles. The Kier molecular flexibility index (Phi) is 2.14. The molecule has 0 atom stereocenters. The molecule has 1 aromatic heterocycles. The van der Waals surface area contributed by atoms with Gasteiger partial charge in [-0.1, -0.05) is 30.3 Å². The van der Waals surface area contributed by atoms with Crippen LogP contribution >= 0.6 is 0 Å². The summed E-state index contributed by atoms with van der Waals surface area (Å²) in [5.74, 6) is 1.21. The first-order valence-electron chi connectivity index (χ1n) is 4.42. The third-order valence-electron chi connectivity index (χ3n) is 1.93. The molecule has 2 rings (SSSR count). The number of anilines is 1. The van der Waals surface area contributed by atoms with Crippen molar-refractivity contribution in [3.8, 4) is 11.3 Å². The Morgan fingerprint density at radius 3 is 2.43 bits per heavy atom. The van der Waals surface area contributed by atoms with Crippen LogP contribution in [0, 0.1) is 6.92 Å². The van der Waals surface area contributed by atoms with E-state index in [2.05, 4.69) is 9.97 Å². The molecule has 0 aliphatic carbocycles. The number of nitrogens with zero attached hydrogens (tertiary/aromatic N) is 2. The Labute approximate surface area is 82.6 Å². The lowest BCUT2D eigenvalue weighted by atomic mass is 10.1. The molecule has 3 heteroatoms. The van der Waals surface area contributed by atoms with Gasteiger partial charge in [0.05, 0.1) is 5.69 Å². The average Bonchev–Trinajstić information content (AvgIpc) is 2.18. The number of hydrogen-bond acceptors (Lipinski definition) is 3. The van der Waals surface area contributed by atoms with E-state index in [9.17, 15) is 0 Å². The van der Waals surface area contributed by atoms with E-state index in [1.54, 1.807) is 6.07 Å². The van der Waals surface area contributed by atoms with Crippen LogP contribution in [-0.4, -0.2) is 9.97 Å². The molecular formula is C11H11N3. The molecule has 0 saturated heterocycles. The van der Waals surface area contributed by atoms with Crippen molar-refractivity contribution in [1.29, 1.82) is 0 Å². The summed E-state index contributed by atoms with van der Waals surface area (Å²) in [6.45, 7) is 1.84. The van der Waals surface area contributed by atoms with Crippen LogP contribution in [0.2, 0.25) is 0 Å². The lowest BCUT2D eigenvalue weighted by molar-refractivity contribution is 1.07. The smallest absolute Gasteiger partial charge is 0.128 e. The van der Waals surface area contributed by atoms with Crippen molar-refractivity contribution in [2.45, 2.75) is 6.92 Å². The second-order valence-corrected chi connectivity index (χ2v) is 3.09. The van der Waals surface area contributed by atoms with E-state index in [0.29, 0.717) is 11.6 Å². The van der Waals surface area contributed by atoms with Crippen molar-refractivity contribution in [3.05, 3.63) is 42.2 Å². The maximum atomic E-state index is 5.65. The minimum atomic E-state index is 0.511. The van der Waals surface area contributed by atoms with Crippen LogP contribution < -0.4 is 5.73 Å². The molecule has 0 radical (unpaired) electrons. The number of rotatable bonds is 1. The molecule has 0 unspecified atom stereocenters. The highest BCUT2D eigenvalue weighted by Crippen LogP contribution is 2.17. The molecule has 0 aliphatic rings. The third-order valence-corrected chi connectivity index (χ3v) is 1.93. The van der Waals surface area contributed by atoms with Crippen LogP contribution in [-0.2, 0) is 0 Å². The number of benzene rings is 1. The summed E-state index contributed by atoms with van der Waals surface area (Å²) < 4.78 is 0. The highest BCUT2D eigenvalue weighted by atomic mass is 14.9. The molecular weight excluding hydrogens is 174 g/mol. The van der Waals surface area contributed by atoms with Gasteiger partial charge < -0.3 is 5.73 Å². The van der Waals surface area contributed by atoms with Crippen molar-refractivity contribution in [2.24, 2.45) is 0 Å². The Morgan fingerprint density at radius 2 is 1.79 bits per heavy atom. The van der Waals surface area contributed by atoms with Crippen LogP contribution in [0.25, 0.3) is 11.3 Å². The van der Waals surface area contributed by atoms with Crippen LogP contribution in [0.3, 0.4) is 0 Å². The highest BCUT2D eigenvalue weighted by molar-refractivity contribution is 5.61. The lowest BCUT2D eigenvalue weighted by Gasteiger charge is -2.02. The molecule has 1 heterocycles. The summed E-state index contributed by atoms with van der Waals surface area (Å²) >= 11 is 0. The number of nitrogens with two attached hydrogens (primary N) is 1. The fourth-order valence-electron chi connectivity index (χ4n) is 1.35. The summed E-state index contributed by atoms with van der Waals surface area (Å²) in [7, 11) is 0. The van der Waals surface area contributed by atoms with Crippen LogP contribution in [0.4, 0.5) is 5.82 Å². The molecule has 3 nitrogen and oxygen atoms in total. The first kappa shape index (κ1) is 8.69. The van der Waals surface area contributed by atoms with Crippen molar-refractivity contribution in [2.75, 3.05) is 5.73 Å². The van der Waals surface area contributed by atoms with Gasteiger partial charge in [-0.05, 0) is 6.92 Å². The van der Waals surface area contributed by atoms with Gasteiger partial charge in [0.1, 0.15) is 11.6 Å². The third kappa shape index (κ3) is 1.71. The number of aromatic nitrogens is 2. The van der Waals surface area contributed by atoms with Gasteiger partial charge in [-0.3, -0.25) is 0 Å². The zero-order chi connectivity index (χ0) is 9.97. The van der Waals surface area contributed by atoms with Crippen molar-refractivity contribution in [1.82, 2.24) is 9.97 Å². The lowest BCUT2D eigenvalue weighted by Crippen LogP contribution is -1.96. The number of hydrogen-bond donors (Lipinski definition) is 1. The molecule has 2 N–H and O–H groups in total. The van der Waals surface area contributed by atoms with E-state index in [-0.39, 0.29) is 0 Å². The Balaban J connectivity index is 2.52. The number of nitrogen functional groups attached to an aromatic ring is 1. The Hall–Kier alpha value is -1.90. The van der Waals surface area contributed by atoms with Gasteiger partial charge in [0.25, 0.3) is 0 Å². The Morgan fingerprint density at radius 1 is 1.07 bits per heavy atom. The van der Waals surface area contributed by atoms with E-state index >= 15 is 0 Å². The van der Waals surface area contributed by atoms with E-state index in [4.69, 9.17) is 5.73 Å². The second kappa shape index (κ2) is 3.46. The first-order chi connectivity index (χ1) is 6.75. The molecule has 70 valence electrons. The Bertz CT molecular complexity index is 417. The largest absolute Gasteiger partial charge is 0.384 e. The highest BCUT2D eigenvalue weighted by Gasteiger charge is 2.00. The summed E-state index contributed by atoms with van der Waals surface area (Å²) in [4.78, 5) is 8.34. The molecule has 0 saturated carbocycles. The zero-order valence-corrected chi connectivity index (χ0v) is 7.94. The van der Waals surface area contributed by atoms with Gasteiger partial charge in [-0.2, -0.15) is 0 Å². The molecule has 0 spiro atoms. The molecule has 0 amide bonds. The van der Waals surface area contributed by atoms with Crippen molar-refractivity contribution >= 4 is 5.82 Å². The van der Waals surface area contributed by atoms with Crippen molar-refractivity contribution < 1.29 is 0 Å². The van der Waals surface area contributed by atoms with E-state index in [1.807, 2.05) is 37.3 Å². The number of aryl methyl sites for hydroxylation is 1. The van der Waals surface area contributed by atoms with Crippen LogP contribution in [0.1, 0.15) is 5.82 Å². The molecule has 0 fully saturated rings. The molecule has 14 heavy (non-hydrogen) atoms. The predicted octanol–water partition coefficient (Wildman–Crippen LogP) is 2.03. The minimum Gasteiger partial charge on any atom is -0.384 e. The van der Waals surface area contributed by atoms with E-state index in [0.717, 1.165) is 11.3 Å². The minimum absolute atomic E-state index is 0.511. The van der Waals surface area contributed by atoms with Gasteiger partial charge in [-0.15, -0.1) is 0 Å². The maximum Gasteiger partial charge on any atom is 0.128 e. The molecule has 0 aliphatic heterocycles. The SMILES string of the molecule is Cc1nc(N)cc(-c2ccccc2)n1. The normalized spacial score (nSPS) is 10.1. The zero-order valence-electron chi connectivity index (χ0n) is 7.94. The average molecular weight is 185 g/mol. The second-order valence-electron chi connectivity index (χ2n) is 3.09. The van der Waals surface area contributed by atoms with Crippen LogP contribution in [0.15, 0.2) is 36.4 Å². The van der Waals surface area contributed by atoms with Crippen molar-refractivity contribution in [3.63, 3.8) is 0 Å². The topological polar surface area (TPSA) is 51.8 Å². The molecule has 0 bridgehead atoms. The summed E-state index contributed by atoms with van der Waals surface area (Å²) in [6, 6.07) is 11.7. The predicted molar refractivity (Wildman–Crippen MR) is 56.6 cm³/mol. The monoisotopic (exact) mass is 185 g/mol. The van der Waals surface area contributed by atoms with E-state index in [1.165, 1.54) is 0 Å². The van der Waals surface area contributed by atoms with Gasteiger partial charge in [0.2, 0.25) is 0 Å². The summed E-state index contributed by atoms with van der Waals surface area (Å²) in [5.41, 5.74) is 7.58. The summed E-state index contributed by atoms with van der Waals surface area (Å²) in [6.07, 6.45) is 0. The molecule has 2 aromatic rings. The fourth-order valence-corrected chi connectivity index (χ4v) is 1.35. The maximum absolute atomic E-state index is 5.65. The first-order valence-corrected chi connectivity index (χ1v) is 4.42. The fraction of sp³-hybridized carbons (Fsp3) is 0.0909.